The molecule has 0 saturated carbocycles. The maximum absolute atomic E-state index is 11.1. The number of carbonyl (C=O) groups is 1. The summed E-state index contributed by atoms with van der Waals surface area (Å²) in [7, 11) is 0.146. The molecule has 1 aromatic rings. The molecule has 14 heavy (non-hydrogen) atoms. The Bertz CT molecular complexity index is 350. The van der Waals surface area contributed by atoms with Gasteiger partial charge in [0.05, 0.1) is 6.20 Å². The number of anilines is 1. The van der Waals surface area contributed by atoms with E-state index in [1.807, 2.05) is 0 Å². The van der Waals surface area contributed by atoms with Gasteiger partial charge in [-0.1, -0.05) is 0 Å². The van der Waals surface area contributed by atoms with Crippen molar-refractivity contribution in [1.29, 1.82) is 0 Å². The molecule has 0 aromatic carbocycles. The lowest BCUT2D eigenvalue weighted by Crippen LogP contribution is -2.20. The van der Waals surface area contributed by atoms with Gasteiger partial charge in [-0.25, -0.2) is 4.21 Å². The summed E-state index contributed by atoms with van der Waals surface area (Å²) in [5.74, 6) is 0.0904. The molecule has 1 aromatic heterocycles. The summed E-state index contributed by atoms with van der Waals surface area (Å²) in [5, 5.41) is 6.31. The second-order valence-corrected chi connectivity index (χ2v) is 3.69. The van der Waals surface area contributed by atoms with Crippen LogP contribution in [0.15, 0.2) is 12.3 Å². The van der Waals surface area contributed by atoms with Gasteiger partial charge in [-0.05, 0) is 0 Å². The predicted octanol–water partition coefficient (Wildman–Crippen LogP) is -0.390. The fourth-order valence-corrected chi connectivity index (χ4v) is 1.47. The number of carbonyl (C=O) groups excluding carboxylic acids is 1. The van der Waals surface area contributed by atoms with Gasteiger partial charge >= 0.3 is 0 Å². The first-order valence-electron chi connectivity index (χ1n) is 3.82. The van der Waals surface area contributed by atoms with E-state index in [4.69, 9.17) is 0 Å². The van der Waals surface area contributed by atoms with E-state index in [0.717, 1.165) is 0 Å². The minimum absolute atomic E-state index is 0.0401. The monoisotopic (exact) mass is 217 g/mol. The summed E-state index contributed by atoms with van der Waals surface area (Å²) < 4.78 is 16.9. The van der Waals surface area contributed by atoms with Crippen molar-refractivity contribution in [3.05, 3.63) is 12.3 Å². The van der Waals surface area contributed by atoms with Crippen LogP contribution in [0.4, 0.5) is 5.82 Å². The normalized spacial score (nSPS) is 12.4. The van der Waals surface area contributed by atoms with E-state index in [0.29, 0.717) is 5.82 Å². The lowest BCUT2D eigenvalue weighted by atomic mass is 10.6. The average Bonchev–Trinajstić information content (AvgIpc) is 2.52. The number of amides is 1. The zero-order valence-electron chi connectivity index (χ0n) is 7.89. The Morgan fingerprint density at radius 2 is 2.50 bits per heavy atom. The van der Waals surface area contributed by atoms with E-state index >= 15 is 0 Å². The van der Waals surface area contributed by atoms with E-state index in [9.17, 15) is 9.00 Å². The van der Waals surface area contributed by atoms with Crippen molar-refractivity contribution >= 4 is 22.7 Å². The number of methoxy groups -OCH3 is 1. The fourth-order valence-electron chi connectivity index (χ4n) is 0.895. The SMILES string of the molecule is COCC(=O)Nc1ccnn1S(C)=O. The summed E-state index contributed by atoms with van der Waals surface area (Å²) >= 11 is 0. The number of hydrogen-bond donors (Lipinski definition) is 1. The molecule has 0 aliphatic heterocycles. The maximum atomic E-state index is 11.1. The van der Waals surface area contributed by atoms with Crippen molar-refractivity contribution in [1.82, 2.24) is 9.19 Å². The van der Waals surface area contributed by atoms with Gasteiger partial charge in [0, 0.05) is 19.4 Å². The molecular formula is C7H11N3O3S. The van der Waals surface area contributed by atoms with Crippen molar-refractivity contribution in [3.8, 4) is 0 Å². The molecule has 0 saturated heterocycles. The van der Waals surface area contributed by atoms with Crippen LogP contribution in [-0.4, -0.2) is 39.3 Å². The molecule has 1 amide bonds. The minimum atomic E-state index is -1.28. The summed E-state index contributed by atoms with van der Waals surface area (Å²) in [6, 6.07) is 1.56. The number of aromatic nitrogens is 2. The molecular weight excluding hydrogens is 206 g/mol. The minimum Gasteiger partial charge on any atom is -0.375 e. The number of rotatable bonds is 4. The zero-order chi connectivity index (χ0) is 10.6. The third-order valence-electron chi connectivity index (χ3n) is 1.40. The lowest BCUT2D eigenvalue weighted by Gasteiger charge is -2.04. The number of hydrogen-bond acceptors (Lipinski definition) is 4. The van der Waals surface area contributed by atoms with Gasteiger partial charge in [0.25, 0.3) is 5.91 Å². The highest BCUT2D eigenvalue weighted by Crippen LogP contribution is 2.06. The third kappa shape index (κ3) is 2.64. The molecule has 1 atom stereocenters. The van der Waals surface area contributed by atoms with Crippen LogP contribution >= 0.6 is 0 Å². The lowest BCUT2D eigenvalue weighted by molar-refractivity contribution is -0.119. The first-order chi connectivity index (χ1) is 6.65. The summed E-state index contributed by atoms with van der Waals surface area (Å²) in [5.41, 5.74) is 0. The largest absolute Gasteiger partial charge is 0.375 e. The topological polar surface area (TPSA) is 73.2 Å². The van der Waals surface area contributed by atoms with E-state index in [-0.39, 0.29) is 12.5 Å². The Labute approximate surface area is 83.8 Å². The van der Waals surface area contributed by atoms with E-state index in [1.54, 1.807) is 6.07 Å². The molecule has 1 heterocycles. The molecule has 0 bridgehead atoms. The highest BCUT2D eigenvalue weighted by molar-refractivity contribution is 7.82. The standard InChI is InChI=1S/C7H11N3O3S/c1-13-5-7(11)9-6-3-4-8-10(6)14(2)12/h3-4H,5H2,1-2H3,(H,9,11). The van der Waals surface area contributed by atoms with Crippen molar-refractivity contribution in [2.45, 2.75) is 0 Å². The van der Waals surface area contributed by atoms with Crippen LogP contribution in [0.1, 0.15) is 0 Å². The highest BCUT2D eigenvalue weighted by atomic mass is 32.2. The number of ether oxygens (including phenoxy) is 1. The molecule has 1 rings (SSSR count). The van der Waals surface area contributed by atoms with Crippen molar-refractivity contribution in [2.24, 2.45) is 0 Å². The molecule has 0 spiro atoms. The Morgan fingerprint density at radius 1 is 1.79 bits per heavy atom. The Kier molecular flexibility index (Phi) is 3.78. The van der Waals surface area contributed by atoms with Crippen LogP contribution in [0.3, 0.4) is 0 Å². The smallest absolute Gasteiger partial charge is 0.251 e. The van der Waals surface area contributed by atoms with Gasteiger partial charge in [0.15, 0.2) is 0 Å². The zero-order valence-corrected chi connectivity index (χ0v) is 8.71. The average molecular weight is 217 g/mol. The molecule has 6 nitrogen and oxygen atoms in total. The van der Waals surface area contributed by atoms with E-state index in [2.05, 4.69) is 15.2 Å². The number of nitrogens with one attached hydrogen (secondary N) is 1. The molecule has 7 heteroatoms. The first-order valence-corrected chi connectivity index (χ1v) is 5.33. The van der Waals surface area contributed by atoms with Crippen LogP contribution in [0, 0.1) is 0 Å². The van der Waals surface area contributed by atoms with Gasteiger partial charge in [0.1, 0.15) is 23.4 Å². The van der Waals surface area contributed by atoms with Crippen LogP contribution in [0.5, 0.6) is 0 Å². The Morgan fingerprint density at radius 3 is 3.07 bits per heavy atom. The summed E-state index contributed by atoms with van der Waals surface area (Å²) in [4.78, 5) is 11.1. The summed E-state index contributed by atoms with van der Waals surface area (Å²) in [6.07, 6.45) is 2.93. The van der Waals surface area contributed by atoms with Crippen molar-refractivity contribution < 1.29 is 13.7 Å². The van der Waals surface area contributed by atoms with Gasteiger partial charge in [-0.2, -0.15) is 9.19 Å². The van der Waals surface area contributed by atoms with Crippen LogP contribution in [0.2, 0.25) is 0 Å². The van der Waals surface area contributed by atoms with Gasteiger partial charge in [-0.15, -0.1) is 0 Å². The van der Waals surface area contributed by atoms with Crippen LogP contribution in [0.25, 0.3) is 0 Å². The second-order valence-electron chi connectivity index (χ2n) is 2.49. The second kappa shape index (κ2) is 4.87. The van der Waals surface area contributed by atoms with Crippen molar-refractivity contribution in [2.75, 3.05) is 25.3 Å². The molecule has 78 valence electrons. The van der Waals surface area contributed by atoms with Gasteiger partial charge in [-0.3, -0.25) is 4.79 Å². The van der Waals surface area contributed by atoms with Crippen LogP contribution < -0.4 is 5.32 Å². The van der Waals surface area contributed by atoms with Gasteiger partial charge in [0.2, 0.25) is 0 Å². The molecule has 1 N–H and O–H groups in total. The Balaban J connectivity index is 2.71. The van der Waals surface area contributed by atoms with Gasteiger partial charge < -0.3 is 10.1 Å². The number of nitrogens with zero attached hydrogens (tertiary/aromatic N) is 2. The van der Waals surface area contributed by atoms with Crippen LogP contribution in [-0.2, 0) is 20.5 Å². The fraction of sp³-hybridized carbons (Fsp3) is 0.429. The molecule has 0 aliphatic rings. The third-order valence-corrected chi connectivity index (χ3v) is 2.17. The van der Waals surface area contributed by atoms with E-state index < -0.39 is 11.0 Å². The first kappa shape index (κ1) is 10.9. The predicted molar refractivity (Wildman–Crippen MR) is 52.2 cm³/mol. The highest BCUT2D eigenvalue weighted by Gasteiger charge is 2.08. The molecule has 0 aliphatic carbocycles. The van der Waals surface area contributed by atoms with E-state index in [1.165, 1.54) is 23.6 Å². The maximum Gasteiger partial charge on any atom is 0.251 e. The molecule has 0 fully saturated rings. The molecule has 0 radical (unpaired) electrons. The Hall–Kier alpha value is -1.21. The molecule has 1 unspecified atom stereocenters. The van der Waals surface area contributed by atoms with Crippen molar-refractivity contribution in [3.63, 3.8) is 0 Å². The quantitative estimate of drug-likeness (QED) is 0.745. The summed E-state index contributed by atoms with van der Waals surface area (Å²) in [6.45, 7) is -0.0401.